The summed E-state index contributed by atoms with van der Waals surface area (Å²) in [5.41, 5.74) is 0. The molecule has 1 aliphatic heterocycles. The molecule has 1 unspecified atom stereocenters. The third-order valence-corrected chi connectivity index (χ3v) is 15.3. The summed E-state index contributed by atoms with van der Waals surface area (Å²) < 4.78 is 16.0. The Balaban J connectivity index is 2.59. The zero-order valence-electron chi connectivity index (χ0n) is 13.0. The van der Waals surface area contributed by atoms with Crippen molar-refractivity contribution in [3.63, 3.8) is 0 Å². The second-order valence-corrected chi connectivity index (χ2v) is 36.4. The minimum absolute atomic E-state index is 0.0611. The fourth-order valence-electron chi connectivity index (χ4n) is 2.02. The van der Waals surface area contributed by atoms with Crippen LogP contribution in [0.4, 0.5) is 0 Å². The predicted molar refractivity (Wildman–Crippen MR) is 84.3 cm³/mol. The Hall–Kier alpha value is 1.26. The van der Waals surface area contributed by atoms with Crippen LogP contribution in [0.2, 0.25) is 29.6 Å². The van der Waals surface area contributed by atoms with Crippen LogP contribution in [0.15, 0.2) is 7.68 Å². The number of hydrogen-bond acceptors (Lipinski definition) is 2. The van der Waals surface area contributed by atoms with E-state index in [1.54, 1.807) is 3.59 Å². The van der Waals surface area contributed by atoms with Crippen LogP contribution in [-0.4, -0.2) is 56.3 Å². The molecule has 0 aromatic carbocycles. The maximum atomic E-state index is 6.01. The summed E-state index contributed by atoms with van der Waals surface area (Å²) in [6, 6.07) is 0. The predicted octanol–water partition coefficient (Wildman–Crippen LogP) is 4.21. The van der Waals surface area contributed by atoms with E-state index in [1.807, 2.05) is 0 Å². The van der Waals surface area contributed by atoms with Crippen LogP contribution in [0.5, 0.6) is 0 Å². The molecule has 0 aliphatic carbocycles. The van der Waals surface area contributed by atoms with Gasteiger partial charge in [0.15, 0.2) is 0 Å². The zero-order chi connectivity index (χ0) is 13.8. The van der Waals surface area contributed by atoms with Crippen molar-refractivity contribution in [2.75, 3.05) is 13.2 Å². The Kier molecular flexibility index (Phi) is 7.04. The molecule has 0 aromatic rings. The molecule has 0 bridgehead atoms. The van der Waals surface area contributed by atoms with E-state index >= 15 is 0 Å². The van der Waals surface area contributed by atoms with Crippen LogP contribution < -0.4 is 0 Å². The van der Waals surface area contributed by atoms with Gasteiger partial charge in [-0.2, -0.15) is 0 Å². The van der Waals surface area contributed by atoms with Gasteiger partial charge >= 0.3 is 122 Å². The normalized spacial score (nSPS) is 23.2. The molecule has 0 N–H and O–H groups in total. The van der Waals surface area contributed by atoms with Crippen LogP contribution in [0.25, 0.3) is 0 Å². The molecule has 0 spiro atoms. The molecule has 1 atom stereocenters. The van der Waals surface area contributed by atoms with Gasteiger partial charge in [0.25, 0.3) is 0 Å². The van der Waals surface area contributed by atoms with Gasteiger partial charge in [-0.1, -0.05) is 0 Å². The van der Waals surface area contributed by atoms with Crippen molar-refractivity contribution in [2.45, 2.75) is 55.2 Å². The molecular formula is C14H30O2Sn2. The second kappa shape index (κ2) is 7.32. The average Bonchev–Trinajstić information content (AvgIpc) is 2.22. The molecule has 0 radical (unpaired) electrons. The van der Waals surface area contributed by atoms with Gasteiger partial charge in [-0.05, 0) is 0 Å². The SMILES string of the molecule is [CH3][Sn]([CH3])([CH3])/[CH]=[C](\COC1CCCCO1)[Sn]([CH3])([CH3])[CH3]. The summed E-state index contributed by atoms with van der Waals surface area (Å²) in [6.45, 7) is 1.71. The molecule has 18 heavy (non-hydrogen) atoms. The zero-order valence-corrected chi connectivity index (χ0v) is 18.7. The van der Waals surface area contributed by atoms with Crippen molar-refractivity contribution < 1.29 is 9.47 Å². The quantitative estimate of drug-likeness (QED) is 0.564. The summed E-state index contributed by atoms with van der Waals surface area (Å²) >= 11 is -3.85. The monoisotopic (exact) mass is 470 g/mol. The van der Waals surface area contributed by atoms with Crippen LogP contribution >= 0.6 is 0 Å². The molecule has 1 saturated heterocycles. The fraction of sp³-hybridized carbons (Fsp3) is 0.857. The summed E-state index contributed by atoms with van der Waals surface area (Å²) in [5, 5.41) is 0. The average molecular weight is 468 g/mol. The van der Waals surface area contributed by atoms with E-state index < -0.39 is 36.8 Å². The van der Waals surface area contributed by atoms with Crippen molar-refractivity contribution in [2.24, 2.45) is 0 Å². The van der Waals surface area contributed by atoms with Gasteiger partial charge in [0, 0.05) is 0 Å². The van der Waals surface area contributed by atoms with Gasteiger partial charge in [0.05, 0.1) is 0 Å². The van der Waals surface area contributed by atoms with Crippen LogP contribution in [0.1, 0.15) is 19.3 Å². The topological polar surface area (TPSA) is 18.5 Å². The van der Waals surface area contributed by atoms with Crippen molar-refractivity contribution in [1.82, 2.24) is 0 Å². The maximum absolute atomic E-state index is 6.01. The van der Waals surface area contributed by atoms with E-state index in [9.17, 15) is 0 Å². The Morgan fingerprint density at radius 3 is 2.28 bits per heavy atom. The third-order valence-electron chi connectivity index (χ3n) is 3.13. The molecule has 0 saturated carbocycles. The van der Waals surface area contributed by atoms with Gasteiger partial charge in [0.2, 0.25) is 0 Å². The van der Waals surface area contributed by atoms with E-state index in [0.29, 0.717) is 0 Å². The van der Waals surface area contributed by atoms with E-state index in [1.165, 1.54) is 12.8 Å². The second-order valence-electron chi connectivity index (χ2n) is 7.39. The van der Waals surface area contributed by atoms with Crippen LogP contribution in [0, 0.1) is 0 Å². The summed E-state index contributed by atoms with van der Waals surface area (Å²) in [7, 11) is 0. The van der Waals surface area contributed by atoms with E-state index in [2.05, 4.69) is 33.7 Å². The first-order valence-electron chi connectivity index (χ1n) is 7.14. The molecule has 1 rings (SSSR count). The molecule has 4 heteroatoms. The Morgan fingerprint density at radius 1 is 1.17 bits per heavy atom. The van der Waals surface area contributed by atoms with Gasteiger partial charge in [-0.3, -0.25) is 0 Å². The molecule has 2 nitrogen and oxygen atoms in total. The standard InChI is InChI=1S/C8H12O2.6CH3.2Sn/c1-2-6-9-8-5-3-4-7-10-8;;;;;;;;/h1,8H,3-7H2;6*1H3;;. The van der Waals surface area contributed by atoms with Crippen molar-refractivity contribution in [3.8, 4) is 0 Å². The van der Waals surface area contributed by atoms with E-state index in [-0.39, 0.29) is 6.29 Å². The van der Waals surface area contributed by atoms with Crippen molar-refractivity contribution in [3.05, 3.63) is 7.68 Å². The van der Waals surface area contributed by atoms with E-state index in [0.717, 1.165) is 19.6 Å². The first-order chi connectivity index (χ1) is 8.18. The van der Waals surface area contributed by atoms with Gasteiger partial charge in [0.1, 0.15) is 0 Å². The van der Waals surface area contributed by atoms with Crippen molar-refractivity contribution in [1.29, 1.82) is 0 Å². The minimum atomic E-state index is -1.99. The molecular weight excluding hydrogens is 438 g/mol. The fourth-order valence-corrected chi connectivity index (χ4v) is 24.5. The van der Waals surface area contributed by atoms with Crippen LogP contribution in [0.3, 0.4) is 0 Å². The van der Waals surface area contributed by atoms with E-state index in [4.69, 9.17) is 9.47 Å². The molecule has 1 heterocycles. The molecule has 106 valence electrons. The summed E-state index contributed by atoms with van der Waals surface area (Å²) in [6.07, 6.45) is 3.58. The van der Waals surface area contributed by atoms with Crippen molar-refractivity contribution >= 4 is 36.8 Å². The first kappa shape index (κ1) is 17.3. The molecule has 0 aromatic heterocycles. The summed E-state index contributed by atoms with van der Waals surface area (Å²) in [4.78, 5) is 14.9. The third kappa shape index (κ3) is 7.15. The Bertz CT molecular complexity index is 281. The molecule has 0 amide bonds. The van der Waals surface area contributed by atoms with Crippen LogP contribution in [-0.2, 0) is 9.47 Å². The van der Waals surface area contributed by atoms with Gasteiger partial charge in [-0.15, -0.1) is 0 Å². The summed E-state index contributed by atoms with van der Waals surface area (Å²) in [5.74, 6) is 0. The number of rotatable bonds is 5. The molecule has 1 aliphatic rings. The number of hydrogen-bond donors (Lipinski definition) is 0. The molecule has 1 fully saturated rings. The van der Waals surface area contributed by atoms with Gasteiger partial charge in [-0.25, -0.2) is 0 Å². The Morgan fingerprint density at radius 2 is 1.83 bits per heavy atom. The first-order valence-corrected chi connectivity index (χ1v) is 27.3. The van der Waals surface area contributed by atoms with Gasteiger partial charge < -0.3 is 0 Å². The number of ether oxygens (including phenoxy) is 2. The Labute approximate surface area is 121 Å².